The van der Waals surface area contributed by atoms with Crippen molar-refractivity contribution in [2.75, 3.05) is 0 Å². The molecule has 0 bridgehead atoms. The van der Waals surface area contributed by atoms with Gasteiger partial charge in [0.15, 0.2) is 0 Å². The summed E-state index contributed by atoms with van der Waals surface area (Å²) in [5.74, 6) is 0.652. The van der Waals surface area contributed by atoms with E-state index in [1.54, 1.807) is 24.0 Å². The molecule has 1 aromatic rings. The molecule has 0 aromatic carbocycles. The second kappa shape index (κ2) is 4.18. The van der Waals surface area contributed by atoms with Gasteiger partial charge >= 0.3 is 0 Å². The van der Waals surface area contributed by atoms with Crippen molar-refractivity contribution in [2.45, 2.75) is 44.3 Å². The topological polar surface area (TPSA) is 58.3 Å². The summed E-state index contributed by atoms with van der Waals surface area (Å²) in [4.78, 5) is 0. The molecule has 0 spiro atoms. The molecule has 4 nitrogen and oxygen atoms in total. The average molecular weight is 224 g/mol. The lowest BCUT2D eigenvalue weighted by molar-refractivity contribution is -0.108. The third-order valence-electron chi connectivity index (χ3n) is 3.79. The van der Waals surface area contributed by atoms with Gasteiger partial charge < -0.3 is 10.2 Å². The van der Waals surface area contributed by atoms with E-state index in [0.717, 1.165) is 12.8 Å². The summed E-state index contributed by atoms with van der Waals surface area (Å²) in [6, 6.07) is 1.76. The molecule has 0 aliphatic heterocycles. The van der Waals surface area contributed by atoms with Crippen molar-refractivity contribution in [3.05, 3.63) is 18.0 Å². The molecule has 1 unspecified atom stereocenters. The first-order valence-electron chi connectivity index (χ1n) is 5.91. The van der Waals surface area contributed by atoms with E-state index in [2.05, 4.69) is 12.0 Å². The van der Waals surface area contributed by atoms with Crippen LogP contribution in [-0.2, 0) is 7.05 Å². The molecule has 1 atom stereocenters. The summed E-state index contributed by atoms with van der Waals surface area (Å²) in [6.07, 6.45) is 4.11. The number of hydrogen-bond acceptors (Lipinski definition) is 3. The van der Waals surface area contributed by atoms with E-state index >= 15 is 0 Å². The van der Waals surface area contributed by atoms with Gasteiger partial charge in [-0.1, -0.05) is 6.92 Å². The van der Waals surface area contributed by atoms with E-state index in [9.17, 15) is 10.2 Å². The summed E-state index contributed by atoms with van der Waals surface area (Å²) in [5, 5.41) is 24.7. The lowest BCUT2D eigenvalue weighted by atomic mass is 9.76. The van der Waals surface area contributed by atoms with Crippen LogP contribution in [0.2, 0.25) is 0 Å². The molecule has 1 aliphatic carbocycles. The van der Waals surface area contributed by atoms with Crippen molar-refractivity contribution in [2.24, 2.45) is 13.0 Å². The van der Waals surface area contributed by atoms with Crippen LogP contribution in [0.4, 0.5) is 0 Å². The van der Waals surface area contributed by atoms with E-state index in [-0.39, 0.29) is 0 Å². The zero-order valence-electron chi connectivity index (χ0n) is 9.93. The number of aliphatic hydroxyl groups excluding tert-OH is 1. The fraction of sp³-hybridized carbons (Fsp3) is 0.750. The van der Waals surface area contributed by atoms with Gasteiger partial charge in [0.1, 0.15) is 6.10 Å². The molecule has 0 amide bonds. The van der Waals surface area contributed by atoms with Crippen molar-refractivity contribution in [1.29, 1.82) is 0 Å². The van der Waals surface area contributed by atoms with Gasteiger partial charge in [0.2, 0.25) is 0 Å². The summed E-state index contributed by atoms with van der Waals surface area (Å²) >= 11 is 0. The number of rotatable bonds is 2. The predicted octanol–water partition coefficient (Wildman–Crippen LogP) is 1.39. The zero-order valence-corrected chi connectivity index (χ0v) is 9.93. The van der Waals surface area contributed by atoms with Gasteiger partial charge in [-0.15, -0.1) is 0 Å². The number of aliphatic hydroxyl groups is 2. The Hall–Kier alpha value is -0.870. The molecule has 2 N–H and O–H groups in total. The molecule has 1 aliphatic rings. The molecule has 90 valence electrons. The molecule has 0 radical (unpaired) electrons. The first-order valence-corrected chi connectivity index (χ1v) is 5.91. The van der Waals surface area contributed by atoms with Crippen molar-refractivity contribution in [3.63, 3.8) is 0 Å². The molecule has 16 heavy (non-hydrogen) atoms. The Morgan fingerprint density at radius 2 is 2.12 bits per heavy atom. The minimum atomic E-state index is -0.972. The fourth-order valence-electron chi connectivity index (χ4n) is 2.46. The smallest absolute Gasteiger partial charge is 0.124 e. The number of aryl methyl sites for hydroxylation is 1. The Morgan fingerprint density at radius 1 is 1.50 bits per heavy atom. The van der Waals surface area contributed by atoms with Crippen LogP contribution in [0.3, 0.4) is 0 Å². The highest BCUT2D eigenvalue weighted by atomic mass is 16.3. The third-order valence-corrected chi connectivity index (χ3v) is 3.79. The Balaban J connectivity index is 2.15. The van der Waals surface area contributed by atoms with Crippen LogP contribution in [0.5, 0.6) is 0 Å². The summed E-state index contributed by atoms with van der Waals surface area (Å²) in [6.45, 7) is 2.19. The standard InChI is InChI=1S/C12H20N2O2/c1-9-3-6-12(16,7-4-9)11(15)10-5-8-13-14(10)2/h5,8-9,11,15-16H,3-4,6-7H2,1-2H3. The van der Waals surface area contributed by atoms with E-state index in [1.165, 1.54) is 0 Å². The van der Waals surface area contributed by atoms with Crippen LogP contribution in [0.1, 0.15) is 44.4 Å². The molecule has 1 saturated carbocycles. The lowest BCUT2D eigenvalue weighted by Crippen LogP contribution is -2.40. The molecule has 2 rings (SSSR count). The van der Waals surface area contributed by atoms with Crippen LogP contribution in [0, 0.1) is 5.92 Å². The highest BCUT2D eigenvalue weighted by Crippen LogP contribution is 2.39. The maximum Gasteiger partial charge on any atom is 0.124 e. The predicted molar refractivity (Wildman–Crippen MR) is 60.7 cm³/mol. The maximum absolute atomic E-state index is 10.5. The van der Waals surface area contributed by atoms with Crippen molar-refractivity contribution in [1.82, 2.24) is 9.78 Å². The Labute approximate surface area is 95.9 Å². The van der Waals surface area contributed by atoms with Gasteiger partial charge in [-0.25, -0.2) is 0 Å². The van der Waals surface area contributed by atoms with E-state index < -0.39 is 11.7 Å². The average Bonchev–Trinajstić information content (AvgIpc) is 2.68. The minimum absolute atomic E-state index is 0.652. The van der Waals surface area contributed by atoms with Crippen LogP contribution in [0.15, 0.2) is 12.3 Å². The first-order chi connectivity index (χ1) is 7.53. The molecule has 1 aromatic heterocycles. The van der Waals surface area contributed by atoms with Gasteiger partial charge in [0.25, 0.3) is 0 Å². The second-order valence-corrected chi connectivity index (χ2v) is 5.07. The highest BCUT2D eigenvalue weighted by Gasteiger charge is 2.40. The van der Waals surface area contributed by atoms with E-state index in [4.69, 9.17) is 0 Å². The second-order valence-electron chi connectivity index (χ2n) is 5.07. The Morgan fingerprint density at radius 3 is 2.62 bits per heavy atom. The Kier molecular flexibility index (Phi) is 3.04. The quantitative estimate of drug-likeness (QED) is 0.798. The fourth-order valence-corrected chi connectivity index (χ4v) is 2.46. The monoisotopic (exact) mass is 224 g/mol. The van der Waals surface area contributed by atoms with Crippen molar-refractivity contribution in [3.8, 4) is 0 Å². The van der Waals surface area contributed by atoms with E-state index in [0.29, 0.717) is 24.5 Å². The summed E-state index contributed by atoms with van der Waals surface area (Å²) < 4.78 is 1.63. The summed E-state index contributed by atoms with van der Waals surface area (Å²) in [7, 11) is 1.79. The van der Waals surface area contributed by atoms with Gasteiger partial charge in [-0.3, -0.25) is 4.68 Å². The number of hydrogen-bond donors (Lipinski definition) is 2. The van der Waals surface area contributed by atoms with Crippen LogP contribution >= 0.6 is 0 Å². The largest absolute Gasteiger partial charge is 0.387 e. The van der Waals surface area contributed by atoms with Gasteiger partial charge in [-0.2, -0.15) is 5.10 Å². The maximum atomic E-state index is 10.5. The molecule has 0 saturated heterocycles. The number of aromatic nitrogens is 2. The zero-order chi connectivity index (χ0) is 11.8. The SMILES string of the molecule is CC1CCC(O)(C(O)c2ccnn2C)CC1. The van der Waals surface area contributed by atoms with Crippen LogP contribution < -0.4 is 0 Å². The molecule has 1 heterocycles. The van der Waals surface area contributed by atoms with E-state index in [1.807, 2.05) is 0 Å². The van der Waals surface area contributed by atoms with Gasteiger partial charge in [0.05, 0.1) is 11.3 Å². The van der Waals surface area contributed by atoms with Crippen LogP contribution in [-0.4, -0.2) is 25.6 Å². The highest BCUT2D eigenvalue weighted by molar-refractivity contribution is 5.10. The summed E-state index contributed by atoms with van der Waals surface area (Å²) in [5.41, 5.74) is -0.280. The molecule has 4 heteroatoms. The Bertz CT molecular complexity index is 354. The third kappa shape index (κ3) is 1.99. The molecular formula is C12H20N2O2. The molecule has 1 fully saturated rings. The number of nitrogens with zero attached hydrogens (tertiary/aromatic N) is 2. The van der Waals surface area contributed by atoms with Crippen molar-refractivity contribution < 1.29 is 10.2 Å². The molecular weight excluding hydrogens is 204 g/mol. The van der Waals surface area contributed by atoms with Crippen LogP contribution in [0.25, 0.3) is 0 Å². The minimum Gasteiger partial charge on any atom is -0.387 e. The lowest BCUT2D eigenvalue weighted by Gasteiger charge is -2.38. The first kappa shape index (κ1) is 11.6. The normalized spacial score (nSPS) is 32.6. The van der Waals surface area contributed by atoms with Crippen molar-refractivity contribution >= 4 is 0 Å². The van der Waals surface area contributed by atoms with Gasteiger partial charge in [0, 0.05) is 13.2 Å². The van der Waals surface area contributed by atoms with Gasteiger partial charge in [-0.05, 0) is 37.7 Å².